The van der Waals surface area contributed by atoms with E-state index in [4.69, 9.17) is 4.74 Å². The number of carbonyl (C=O) groups excluding carboxylic acids is 1. The summed E-state index contributed by atoms with van der Waals surface area (Å²) < 4.78 is 44.5. The summed E-state index contributed by atoms with van der Waals surface area (Å²) >= 11 is 0. The van der Waals surface area contributed by atoms with E-state index in [1.165, 1.54) is 40.6 Å². The number of ether oxygens (including phenoxy) is 1. The molecule has 2 aromatic carbocycles. The van der Waals surface area contributed by atoms with Crippen LogP contribution < -0.4 is 4.74 Å². The first-order valence-corrected chi connectivity index (χ1v) is 10.1. The van der Waals surface area contributed by atoms with Crippen molar-refractivity contribution < 1.29 is 27.3 Å². The first kappa shape index (κ1) is 20.7. The van der Waals surface area contributed by atoms with Crippen molar-refractivity contribution in [3.05, 3.63) is 64.0 Å². The Balaban J connectivity index is 1.72. The van der Waals surface area contributed by atoms with E-state index >= 15 is 0 Å². The Bertz CT molecular complexity index is 1030. The number of nitro benzene ring substituents is 1. The highest BCUT2D eigenvalue weighted by Crippen LogP contribution is 2.28. The normalized spacial score (nSPS) is 15.2. The second-order valence-electron chi connectivity index (χ2n) is 6.29. The molecule has 0 bridgehead atoms. The van der Waals surface area contributed by atoms with Crippen LogP contribution in [0.4, 0.5) is 10.1 Å². The van der Waals surface area contributed by atoms with Gasteiger partial charge in [0.1, 0.15) is 5.82 Å². The van der Waals surface area contributed by atoms with Crippen molar-refractivity contribution in [2.75, 3.05) is 33.3 Å². The molecule has 0 radical (unpaired) electrons. The average Bonchev–Trinajstić information content (AvgIpc) is 2.73. The van der Waals surface area contributed by atoms with Gasteiger partial charge in [-0.25, -0.2) is 12.8 Å². The molecule has 0 atom stereocenters. The minimum absolute atomic E-state index is 0.0237. The molecule has 0 saturated carbocycles. The van der Waals surface area contributed by atoms with Crippen molar-refractivity contribution in [3.8, 4) is 5.75 Å². The fourth-order valence-electron chi connectivity index (χ4n) is 3.04. The van der Waals surface area contributed by atoms with Crippen molar-refractivity contribution in [3.63, 3.8) is 0 Å². The highest BCUT2D eigenvalue weighted by Gasteiger charge is 2.31. The van der Waals surface area contributed by atoms with Crippen LogP contribution in [0.15, 0.2) is 47.4 Å². The summed E-state index contributed by atoms with van der Waals surface area (Å²) in [6.45, 7) is 0.367. The van der Waals surface area contributed by atoms with E-state index < -0.39 is 26.7 Å². The highest BCUT2D eigenvalue weighted by atomic mass is 32.2. The van der Waals surface area contributed by atoms with E-state index in [2.05, 4.69) is 0 Å². The summed E-state index contributed by atoms with van der Waals surface area (Å²) in [6.07, 6.45) is 0. The summed E-state index contributed by atoms with van der Waals surface area (Å²) in [4.78, 5) is 24.6. The Morgan fingerprint density at radius 1 is 1.10 bits per heavy atom. The molecule has 1 fully saturated rings. The van der Waals surface area contributed by atoms with Gasteiger partial charge in [-0.05, 0) is 36.4 Å². The number of nitro groups is 1. The number of carbonyl (C=O) groups is 1. The molecule has 1 amide bonds. The fourth-order valence-corrected chi connectivity index (χ4v) is 4.46. The van der Waals surface area contributed by atoms with E-state index in [0.29, 0.717) is 0 Å². The van der Waals surface area contributed by atoms with E-state index in [1.54, 1.807) is 0 Å². The first-order chi connectivity index (χ1) is 13.7. The number of benzene rings is 2. The molecule has 1 heterocycles. The molecular weight excluding hydrogens is 405 g/mol. The van der Waals surface area contributed by atoms with Gasteiger partial charge in [0.05, 0.1) is 16.9 Å². The molecule has 1 saturated heterocycles. The molecule has 0 N–H and O–H groups in total. The summed E-state index contributed by atoms with van der Waals surface area (Å²) in [5.74, 6) is -0.927. The quantitative estimate of drug-likeness (QED) is 0.537. The molecular formula is C18H18FN3O6S. The van der Waals surface area contributed by atoms with Crippen LogP contribution >= 0.6 is 0 Å². The highest BCUT2D eigenvalue weighted by molar-refractivity contribution is 7.89. The Kier molecular flexibility index (Phi) is 5.80. The minimum Gasteiger partial charge on any atom is -0.490 e. The van der Waals surface area contributed by atoms with E-state index in [-0.39, 0.29) is 48.1 Å². The van der Waals surface area contributed by atoms with E-state index in [0.717, 1.165) is 18.2 Å². The third kappa shape index (κ3) is 4.20. The number of nitrogens with zero attached hydrogens (tertiary/aromatic N) is 3. The Morgan fingerprint density at radius 3 is 2.28 bits per heavy atom. The Hall–Kier alpha value is -3.05. The zero-order valence-corrected chi connectivity index (χ0v) is 16.3. The Labute approximate surface area is 166 Å². The number of piperazine rings is 1. The van der Waals surface area contributed by atoms with Crippen molar-refractivity contribution in [1.82, 2.24) is 9.21 Å². The zero-order chi connectivity index (χ0) is 21.2. The molecule has 0 spiro atoms. The van der Waals surface area contributed by atoms with Crippen LogP contribution in [0.2, 0.25) is 0 Å². The molecule has 3 rings (SSSR count). The number of hydrogen-bond donors (Lipinski definition) is 0. The van der Waals surface area contributed by atoms with Gasteiger partial charge in [-0.1, -0.05) is 0 Å². The maximum atomic E-state index is 13.0. The number of amides is 1. The maximum Gasteiger partial charge on any atom is 0.311 e. The van der Waals surface area contributed by atoms with Crippen molar-refractivity contribution in [1.29, 1.82) is 0 Å². The predicted octanol–water partition coefficient (Wildman–Crippen LogP) is 1.89. The molecule has 0 unspecified atom stereocenters. The number of hydrogen-bond acceptors (Lipinski definition) is 6. The smallest absolute Gasteiger partial charge is 0.311 e. The van der Waals surface area contributed by atoms with Crippen LogP contribution in [-0.2, 0) is 10.0 Å². The summed E-state index contributed by atoms with van der Waals surface area (Å²) in [5, 5.41) is 11.1. The van der Waals surface area contributed by atoms with Gasteiger partial charge in [0, 0.05) is 37.8 Å². The van der Waals surface area contributed by atoms with Crippen molar-refractivity contribution in [2.45, 2.75) is 4.90 Å². The van der Waals surface area contributed by atoms with Gasteiger partial charge < -0.3 is 9.64 Å². The summed E-state index contributed by atoms with van der Waals surface area (Å²) in [5.41, 5.74) is -0.205. The molecule has 11 heteroatoms. The van der Waals surface area contributed by atoms with Crippen LogP contribution in [0, 0.1) is 15.9 Å². The van der Waals surface area contributed by atoms with Crippen LogP contribution in [0.1, 0.15) is 10.4 Å². The third-order valence-corrected chi connectivity index (χ3v) is 6.51. The summed E-state index contributed by atoms with van der Waals surface area (Å²) in [6, 6.07) is 8.45. The fraction of sp³-hybridized carbons (Fsp3) is 0.278. The molecule has 29 heavy (non-hydrogen) atoms. The van der Waals surface area contributed by atoms with Gasteiger partial charge in [-0.3, -0.25) is 14.9 Å². The van der Waals surface area contributed by atoms with Crippen molar-refractivity contribution in [2.24, 2.45) is 0 Å². The molecule has 2 aromatic rings. The van der Waals surface area contributed by atoms with E-state index in [9.17, 15) is 27.7 Å². The van der Waals surface area contributed by atoms with Crippen molar-refractivity contribution >= 4 is 21.6 Å². The SMILES string of the molecule is COc1ccc(C(=O)N2CCN(S(=O)(=O)c3ccc(F)cc3)CC2)cc1[N+](=O)[O-]. The lowest BCUT2D eigenvalue weighted by atomic mass is 10.1. The van der Waals surface area contributed by atoms with Crippen LogP contribution in [-0.4, -0.2) is 61.7 Å². The number of sulfonamides is 1. The summed E-state index contributed by atoms with van der Waals surface area (Å²) in [7, 11) is -2.50. The lowest BCUT2D eigenvalue weighted by Crippen LogP contribution is -2.50. The first-order valence-electron chi connectivity index (χ1n) is 8.61. The lowest BCUT2D eigenvalue weighted by molar-refractivity contribution is -0.385. The minimum atomic E-state index is -3.80. The third-order valence-electron chi connectivity index (χ3n) is 4.60. The molecule has 1 aliphatic rings. The number of methoxy groups -OCH3 is 1. The second-order valence-corrected chi connectivity index (χ2v) is 8.23. The Morgan fingerprint density at radius 2 is 1.72 bits per heavy atom. The second kappa shape index (κ2) is 8.13. The predicted molar refractivity (Wildman–Crippen MR) is 101 cm³/mol. The average molecular weight is 423 g/mol. The van der Waals surface area contributed by atoms with Gasteiger partial charge in [0.15, 0.2) is 5.75 Å². The molecule has 0 aliphatic carbocycles. The molecule has 9 nitrogen and oxygen atoms in total. The van der Waals surface area contributed by atoms with Crippen LogP contribution in [0.25, 0.3) is 0 Å². The zero-order valence-electron chi connectivity index (χ0n) is 15.4. The standard InChI is InChI=1S/C18H18FN3O6S/c1-28-17-7-2-13(12-16(17)22(24)25)18(23)20-8-10-21(11-9-20)29(26,27)15-5-3-14(19)4-6-15/h2-7,12H,8-11H2,1H3. The maximum absolute atomic E-state index is 13.0. The topological polar surface area (TPSA) is 110 Å². The number of halogens is 1. The molecule has 1 aliphatic heterocycles. The molecule has 0 aromatic heterocycles. The van der Waals surface area contributed by atoms with E-state index in [1.807, 2.05) is 0 Å². The van der Waals surface area contributed by atoms with Gasteiger partial charge >= 0.3 is 5.69 Å². The van der Waals surface area contributed by atoms with Gasteiger partial charge in [0.25, 0.3) is 5.91 Å². The van der Waals surface area contributed by atoms with Gasteiger partial charge in [0.2, 0.25) is 10.0 Å². The molecule has 154 valence electrons. The van der Waals surface area contributed by atoms with Crippen LogP contribution in [0.3, 0.4) is 0 Å². The largest absolute Gasteiger partial charge is 0.490 e. The van der Waals surface area contributed by atoms with Gasteiger partial charge in [-0.15, -0.1) is 0 Å². The number of rotatable bonds is 5. The lowest BCUT2D eigenvalue weighted by Gasteiger charge is -2.34. The van der Waals surface area contributed by atoms with Gasteiger partial charge in [-0.2, -0.15) is 4.31 Å². The monoisotopic (exact) mass is 423 g/mol. The van der Waals surface area contributed by atoms with Crippen LogP contribution in [0.5, 0.6) is 5.75 Å².